The van der Waals surface area contributed by atoms with Gasteiger partial charge in [0.1, 0.15) is 73.2 Å². The van der Waals surface area contributed by atoms with E-state index in [-0.39, 0.29) is 18.9 Å². The monoisotopic (exact) mass is 1290 g/mol. The summed E-state index contributed by atoms with van der Waals surface area (Å²) in [4.78, 5) is 13.4. The topological polar surface area (TPSA) is 307 Å². The number of aliphatic hydroxyl groups is 11. The predicted molar refractivity (Wildman–Crippen MR) is 351 cm³/mol. The van der Waals surface area contributed by atoms with Crippen LogP contribution < -0.4 is 5.32 Å². The largest absolute Gasteiger partial charge is 0.394 e. The average Bonchev–Trinajstić information content (AvgIpc) is 0.853. The van der Waals surface area contributed by atoms with Gasteiger partial charge in [-0.05, 0) is 12.8 Å². The third-order valence-corrected chi connectivity index (χ3v) is 19.2. The minimum Gasteiger partial charge on any atom is -0.394 e. The van der Waals surface area contributed by atoms with Gasteiger partial charge in [-0.2, -0.15) is 0 Å². The number of carbonyl (C=O) groups excluding carboxylic acids is 1. The highest BCUT2D eigenvalue weighted by molar-refractivity contribution is 5.76. The van der Waals surface area contributed by atoms with Gasteiger partial charge < -0.3 is 89.9 Å². The van der Waals surface area contributed by atoms with Crippen molar-refractivity contribution in [2.45, 2.75) is 420 Å². The van der Waals surface area contributed by atoms with Crippen molar-refractivity contribution >= 4 is 5.91 Å². The predicted octanol–water partition coefficient (Wildman–Crippen LogP) is 10.7. The Morgan fingerprint density at radius 2 is 0.633 bits per heavy atom. The van der Waals surface area contributed by atoms with Gasteiger partial charge in [-0.25, -0.2) is 0 Å². The second kappa shape index (κ2) is 53.9. The molecule has 90 heavy (non-hydrogen) atoms. The number of aliphatic hydroxyl groups excluding tert-OH is 11. The molecule has 0 radical (unpaired) electrons. The quantitative estimate of drug-likeness (QED) is 0.0252. The van der Waals surface area contributed by atoms with Crippen LogP contribution in [0.15, 0.2) is 0 Å². The molecule has 3 aliphatic rings. The Hall–Kier alpha value is -1.21. The van der Waals surface area contributed by atoms with Crippen LogP contribution in [0, 0.1) is 0 Å². The maximum atomic E-state index is 13.4. The van der Waals surface area contributed by atoms with Crippen LogP contribution >= 0.6 is 0 Å². The molecule has 0 aromatic heterocycles. The summed E-state index contributed by atoms with van der Waals surface area (Å²) in [5, 5.41) is 121. The standard InChI is InChI=1S/C71H137NO18/c1-3-5-7-9-11-13-15-17-18-19-20-21-22-23-24-25-26-27-28-29-30-31-32-33-34-35-37-38-40-42-44-46-48-55(76)54(72-59(77)49-47-45-43-41-39-36-16-14-12-10-8-6-4-2)53-85-69-65(83)62(80)67(57(51-74)87-69)90-71-66(84)63(81)68(58(52-75)88-71)89-70-64(82)61(79)60(78)56(50-73)86-70/h54-58,60-71,73-76,78-84H,3-53H2,1-2H3,(H,72,77). The second-order valence-corrected chi connectivity index (χ2v) is 27.1. The average molecular weight is 1290 g/mol. The second-order valence-electron chi connectivity index (χ2n) is 27.1. The number of ether oxygens (including phenoxy) is 6. The van der Waals surface area contributed by atoms with Crippen molar-refractivity contribution in [3.8, 4) is 0 Å². The third-order valence-electron chi connectivity index (χ3n) is 19.2. The number of rotatable bonds is 59. The van der Waals surface area contributed by atoms with Gasteiger partial charge >= 0.3 is 0 Å². The molecule has 3 aliphatic heterocycles. The van der Waals surface area contributed by atoms with E-state index in [9.17, 15) is 61.0 Å². The summed E-state index contributed by atoms with van der Waals surface area (Å²) in [5.74, 6) is -0.237. The van der Waals surface area contributed by atoms with Gasteiger partial charge in [-0.1, -0.05) is 296 Å². The Morgan fingerprint density at radius 1 is 0.356 bits per heavy atom. The number of amides is 1. The molecule has 0 aromatic rings. The zero-order chi connectivity index (χ0) is 65.4. The van der Waals surface area contributed by atoms with Crippen molar-refractivity contribution in [1.82, 2.24) is 5.32 Å². The Kier molecular flexibility index (Phi) is 49.7. The summed E-state index contributed by atoms with van der Waals surface area (Å²) >= 11 is 0. The van der Waals surface area contributed by atoms with Gasteiger partial charge in [-0.15, -0.1) is 0 Å². The number of carbonyl (C=O) groups is 1. The lowest BCUT2D eigenvalue weighted by molar-refractivity contribution is -0.379. The van der Waals surface area contributed by atoms with E-state index in [2.05, 4.69) is 19.2 Å². The Morgan fingerprint density at radius 3 is 0.967 bits per heavy atom. The van der Waals surface area contributed by atoms with Crippen LogP contribution in [0.2, 0.25) is 0 Å². The lowest BCUT2D eigenvalue weighted by Crippen LogP contribution is -2.66. The van der Waals surface area contributed by atoms with Gasteiger partial charge in [0.2, 0.25) is 5.91 Å². The maximum Gasteiger partial charge on any atom is 0.220 e. The van der Waals surface area contributed by atoms with E-state index in [1.807, 2.05) is 0 Å². The molecule has 17 atom stereocenters. The van der Waals surface area contributed by atoms with Gasteiger partial charge in [0.25, 0.3) is 0 Å². The number of unbranched alkanes of at least 4 members (excludes halogenated alkanes) is 43. The van der Waals surface area contributed by atoms with Crippen LogP contribution in [-0.4, -0.2) is 193 Å². The van der Waals surface area contributed by atoms with Gasteiger partial charge in [0.15, 0.2) is 18.9 Å². The van der Waals surface area contributed by atoms with Crippen molar-refractivity contribution in [2.75, 3.05) is 26.4 Å². The summed E-state index contributed by atoms with van der Waals surface area (Å²) in [7, 11) is 0. The summed E-state index contributed by atoms with van der Waals surface area (Å²) in [5.41, 5.74) is 0. The van der Waals surface area contributed by atoms with Gasteiger partial charge in [0.05, 0.1) is 38.6 Å². The fraction of sp³-hybridized carbons (Fsp3) is 0.986. The van der Waals surface area contributed by atoms with Crippen LogP contribution in [0.5, 0.6) is 0 Å². The maximum absolute atomic E-state index is 13.4. The molecule has 3 fully saturated rings. The molecule has 0 bridgehead atoms. The highest BCUT2D eigenvalue weighted by Crippen LogP contribution is 2.33. The summed E-state index contributed by atoms with van der Waals surface area (Å²) < 4.78 is 34.4. The molecule has 0 spiro atoms. The summed E-state index contributed by atoms with van der Waals surface area (Å²) in [6.07, 6.45) is 32.1. The molecule has 3 rings (SSSR count). The Bertz CT molecular complexity index is 1640. The van der Waals surface area contributed by atoms with Crippen LogP contribution in [0.4, 0.5) is 0 Å². The molecule has 19 heteroatoms. The third kappa shape index (κ3) is 35.2. The van der Waals surface area contributed by atoms with E-state index in [1.54, 1.807) is 0 Å². The van der Waals surface area contributed by atoms with E-state index >= 15 is 0 Å². The number of nitrogens with one attached hydrogen (secondary N) is 1. The fourth-order valence-electron chi connectivity index (χ4n) is 13.1. The lowest BCUT2D eigenvalue weighted by Gasteiger charge is -2.48. The zero-order valence-electron chi connectivity index (χ0n) is 56.7. The van der Waals surface area contributed by atoms with Crippen molar-refractivity contribution in [2.24, 2.45) is 0 Å². The number of hydrogen-bond acceptors (Lipinski definition) is 18. The Labute approximate surface area is 544 Å². The molecule has 0 aromatic carbocycles. The molecule has 3 heterocycles. The van der Waals surface area contributed by atoms with Crippen LogP contribution in [0.25, 0.3) is 0 Å². The SMILES string of the molecule is CCCCCCCCCCCCCCCCCCCCCCCCCCCCCCCCCCC(O)C(COC1OC(CO)C(OC2OC(CO)C(OC3OC(CO)C(O)C(O)C3O)C(O)C2O)C(O)C1O)NC(=O)CCCCCCCCCCCCCCC. The molecule has 0 saturated carbocycles. The minimum absolute atomic E-state index is 0.237. The van der Waals surface area contributed by atoms with Crippen LogP contribution in [0.1, 0.15) is 316 Å². The van der Waals surface area contributed by atoms with E-state index in [4.69, 9.17) is 28.4 Å². The van der Waals surface area contributed by atoms with E-state index in [0.717, 1.165) is 44.9 Å². The molecule has 12 N–H and O–H groups in total. The van der Waals surface area contributed by atoms with E-state index in [0.29, 0.717) is 12.8 Å². The van der Waals surface area contributed by atoms with Crippen molar-refractivity contribution in [3.05, 3.63) is 0 Å². The first-order valence-corrected chi connectivity index (χ1v) is 37.3. The normalized spacial score (nSPS) is 27.9. The molecule has 534 valence electrons. The van der Waals surface area contributed by atoms with Gasteiger partial charge in [-0.3, -0.25) is 4.79 Å². The molecule has 3 saturated heterocycles. The fourth-order valence-corrected chi connectivity index (χ4v) is 13.1. The molecule has 1 amide bonds. The molecule has 19 nitrogen and oxygen atoms in total. The highest BCUT2D eigenvalue weighted by Gasteiger charge is 2.53. The first-order valence-electron chi connectivity index (χ1n) is 37.3. The summed E-state index contributed by atoms with van der Waals surface area (Å²) in [6.45, 7) is 1.84. The molecule has 17 unspecified atom stereocenters. The number of hydrogen-bond donors (Lipinski definition) is 12. The van der Waals surface area contributed by atoms with E-state index < -0.39 is 124 Å². The smallest absolute Gasteiger partial charge is 0.220 e. The first kappa shape index (κ1) is 83.0. The molecular formula is C71H137NO18. The minimum atomic E-state index is -1.97. The van der Waals surface area contributed by atoms with E-state index in [1.165, 1.54) is 238 Å². The van der Waals surface area contributed by atoms with Crippen LogP contribution in [-0.2, 0) is 33.2 Å². The van der Waals surface area contributed by atoms with Crippen molar-refractivity contribution in [3.63, 3.8) is 0 Å². The first-order chi connectivity index (χ1) is 43.8. The molecule has 0 aliphatic carbocycles. The zero-order valence-corrected chi connectivity index (χ0v) is 56.7. The molecular weight excluding hydrogens is 1150 g/mol. The van der Waals surface area contributed by atoms with Crippen molar-refractivity contribution in [1.29, 1.82) is 0 Å². The lowest BCUT2D eigenvalue weighted by atomic mass is 9.96. The van der Waals surface area contributed by atoms with Crippen LogP contribution in [0.3, 0.4) is 0 Å². The van der Waals surface area contributed by atoms with Gasteiger partial charge in [0, 0.05) is 6.42 Å². The summed E-state index contributed by atoms with van der Waals surface area (Å²) in [6, 6.07) is -0.881. The highest BCUT2D eigenvalue weighted by atomic mass is 16.8. The Balaban J connectivity index is 1.34. The van der Waals surface area contributed by atoms with Crippen molar-refractivity contribution < 1.29 is 89.4 Å².